The first kappa shape index (κ1) is 61.2. The van der Waals surface area contributed by atoms with Gasteiger partial charge in [0.25, 0.3) is 0 Å². The second-order valence-corrected chi connectivity index (χ2v) is 20.4. The zero-order chi connectivity index (χ0) is 44.9. The zero-order valence-electron chi connectivity index (χ0n) is 42.9. The van der Waals surface area contributed by atoms with E-state index in [9.17, 15) is 15.0 Å². The van der Waals surface area contributed by atoms with Gasteiger partial charge in [-0.15, -0.1) is 0 Å². The lowest BCUT2D eigenvalue weighted by Crippen LogP contribution is -2.28. The first-order chi connectivity index (χ1) is 30.6. The summed E-state index contributed by atoms with van der Waals surface area (Å²) in [6.07, 6.45) is 73.8. The monoisotopic (exact) mass is 873 g/mol. The van der Waals surface area contributed by atoms with Crippen molar-refractivity contribution in [3.8, 4) is 0 Å². The molecule has 3 nitrogen and oxygen atoms in total. The Bertz CT molecular complexity index is 852. The maximum Gasteiger partial charge on any atom is 0.309 e. The van der Waals surface area contributed by atoms with E-state index in [1.807, 2.05) is 0 Å². The van der Waals surface area contributed by atoms with E-state index in [4.69, 9.17) is 0 Å². The predicted octanol–water partition coefficient (Wildman–Crippen LogP) is 20.9. The smallest absolute Gasteiger partial charge is 0.309 e. The molecule has 0 bridgehead atoms. The van der Waals surface area contributed by atoms with Crippen LogP contribution in [0.3, 0.4) is 0 Å². The van der Waals surface area contributed by atoms with Gasteiger partial charge in [0.15, 0.2) is 0 Å². The lowest BCUT2D eigenvalue weighted by Gasteiger charge is -2.19. The third-order valence-electron chi connectivity index (χ3n) is 14.2. The molecule has 0 saturated heterocycles. The lowest BCUT2D eigenvalue weighted by atomic mass is 9.91. The van der Waals surface area contributed by atoms with Crippen LogP contribution in [-0.4, -0.2) is 22.3 Å². The highest BCUT2D eigenvalue weighted by atomic mass is 16.4. The second-order valence-electron chi connectivity index (χ2n) is 20.4. The van der Waals surface area contributed by atoms with Crippen LogP contribution in [0, 0.1) is 5.92 Å². The Labute approximate surface area is 391 Å². The lowest BCUT2D eigenvalue weighted by molar-refractivity contribution is -0.146. The normalized spacial score (nSPS) is 12.8. The highest BCUT2D eigenvalue weighted by Gasteiger charge is 2.25. The van der Waals surface area contributed by atoms with Crippen LogP contribution in [0.2, 0.25) is 0 Å². The third kappa shape index (κ3) is 50.2. The average Bonchev–Trinajstić information content (AvgIpc) is 3.27. The Hall–Kier alpha value is -0.830. The van der Waals surface area contributed by atoms with Crippen LogP contribution >= 0.6 is 0 Å². The molecule has 0 aromatic carbocycles. The van der Waals surface area contributed by atoms with Gasteiger partial charge >= 0.3 is 5.97 Å². The van der Waals surface area contributed by atoms with E-state index in [-0.39, 0.29) is 0 Å². The van der Waals surface area contributed by atoms with Crippen LogP contribution in [0.4, 0.5) is 0 Å². The molecule has 0 fully saturated rings. The molecule has 370 valence electrons. The van der Waals surface area contributed by atoms with E-state index >= 15 is 0 Å². The molecule has 0 heterocycles. The van der Waals surface area contributed by atoms with Crippen molar-refractivity contribution in [3.05, 3.63) is 12.2 Å². The summed E-state index contributed by atoms with van der Waals surface area (Å²) >= 11 is 0. The number of aliphatic carboxylic acids is 1. The Morgan fingerprint density at radius 1 is 0.306 bits per heavy atom. The fraction of sp³-hybridized carbons (Fsp3) is 0.949. The number of unbranched alkanes of at least 4 members (excludes halogenated alkanes) is 47. The molecule has 62 heavy (non-hydrogen) atoms. The van der Waals surface area contributed by atoms with E-state index in [0.29, 0.717) is 12.8 Å². The van der Waals surface area contributed by atoms with Gasteiger partial charge in [-0.1, -0.05) is 321 Å². The van der Waals surface area contributed by atoms with Gasteiger partial charge in [-0.25, -0.2) is 0 Å². The molecule has 0 aromatic rings. The van der Waals surface area contributed by atoms with Gasteiger partial charge < -0.3 is 10.2 Å². The van der Waals surface area contributed by atoms with Crippen molar-refractivity contribution < 1.29 is 15.0 Å². The molecule has 0 spiro atoms. The molecule has 0 aliphatic carbocycles. The van der Waals surface area contributed by atoms with E-state index in [1.54, 1.807) is 0 Å². The molecule has 0 amide bonds. The minimum absolute atomic E-state index is 0.584. The van der Waals surface area contributed by atoms with Gasteiger partial charge in [0.05, 0.1) is 12.0 Å². The van der Waals surface area contributed by atoms with Crippen molar-refractivity contribution in [3.63, 3.8) is 0 Å². The maximum absolute atomic E-state index is 11.9. The van der Waals surface area contributed by atoms with Gasteiger partial charge in [-0.3, -0.25) is 4.79 Å². The van der Waals surface area contributed by atoms with Crippen molar-refractivity contribution in [2.75, 3.05) is 0 Å². The maximum atomic E-state index is 11.9. The number of aliphatic hydroxyl groups is 1. The van der Waals surface area contributed by atoms with Crippen LogP contribution in [0.5, 0.6) is 0 Å². The molecule has 0 aliphatic rings. The molecular weight excluding hydrogens is 757 g/mol. The van der Waals surface area contributed by atoms with Crippen molar-refractivity contribution in [2.45, 2.75) is 354 Å². The van der Waals surface area contributed by atoms with Gasteiger partial charge in [-0.05, 0) is 38.5 Å². The topological polar surface area (TPSA) is 57.5 Å². The van der Waals surface area contributed by atoms with Crippen molar-refractivity contribution in [2.24, 2.45) is 5.92 Å². The van der Waals surface area contributed by atoms with Crippen molar-refractivity contribution >= 4 is 5.97 Å². The molecule has 2 atom stereocenters. The first-order valence-electron chi connectivity index (χ1n) is 29.2. The van der Waals surface area contributed by atoms with E-state index in [1.165, 1.54) is 295 Å². The SMILES string of the molecule is CCCCCCCCCCCCCCCCCC/C=C\CCCCCCCCCCCCC(O)C(CCCCCCCCCCCCCCCCCCCCCCCC)C(=O)O. The van der Waals surface area contributed by atoms with Crippen LogP contribution in [0.1, 0.15) is 348 Å². The van der Waals surface area contributed by atoms with Gasteiger partial charge in [0.2, 0.25) is 0 Å². The van der Waals surface area contributed by atoms with Crippen molar-refractivity contribution in [1.29, 1.82) is 0 Å². The number of rotatable bonds is 55. The summed E-state index contributed by atoms with van der Waals surface area (Å²) in [6, 6.07) is 0. The molecule has 0 aliphatic heterocycles. The van der Waals surface area contributed by atoms with Gasteiger partial charge in [0, 0.05) is 0 Å². The summed E-state index contributed by atoms with van der Waals surface area (Å²) < 4.78 is 0. The number of carboxylic acid groups (broad SMARTS) is 1. The number of carboxylic acids is 1. The Morgan fingerprint density at radius 2 is 0.500 bits per heavy atom. The average molecular weight is 874 g/mol. The minimum atomic E-state index is -0.803. The molecule has 2 N–H and O–H groups in total. The molecule has 0 rings (SSSR count). The fourth-order valence-corrected chi connectivity index (χ4v) is 9.73. The summed E-state index contributed by atoms with van der Waals surface area (Å²) in [5.74, 6) is -1.39. The summed E-state index contributed by atoms with van der Waals surface area (Å²) in [4.78, 5) is 11.9. The molecule has 0 saturated carbocycles. The van der Waals surface area contributed by atoms with E-state index in [2.05, 4.69) is 26.0 Å². The van der Waals surface area contributed by atoms with Gasteiger partial charge in [-0.2, -0.15) is 0 Å². The second kappa shape index (κ2) is 54.5. The number of carbonyl (C=O) groups is 1. The minimum Gasteiger partial charge on any atom is -0.481 e. The number of allylic oxidation sites excluding steroid dienone is 2. The standard InChI is InChI=1S/C59H116O3/c1-3-5-7-9-11-13-15-17-19-21-23-25-27-28-29-30-31-32-33-34-36-38-40-42-44-46-48-50-52-54-56-58(60)57(59(61)62)55-53-51-49-47-45-43-41-39-37-35-26-24-22-20-18-16-14-12-10-8-6-4-2/h32-33,57-58,60H,3-31,34-56H2,1-2H3,(H,61,62)/b33-32-. The summed E-state index contributed by atoms with van der Waals surface area (Å²) in [5.41, 5.74) is 0. The van der Waals surface area contributed by atoms with E-state index < -0.39 is 18.0 Å². The molecule has 2 unspecified atom stereocenters. The quantitative estimate of drug-likeness (QED) is 0.0473. The number of aliphatic hydroxyl groups excluding tert-OH is 1. The third-order valence-corrected chi connectivity index (χ3v) is 14.2. The number of hydrogen-bond donors (Lipinski definition) is 2. The molecule has 0 radical (unpaired) electrons. The largest absolute Gasteiger partial charge is 0.481 e. The predicted molar refractivity (Wildman–Crippen MR) is 278 cm³/mol. The van der Waals surface area contributed by atoms with Crippen LogP contribution in [0.15, 0.2) is 12.2 Å². The van der Waals surface area contributed by atoms with Crippen LogP contribution in [0.25, 0.3) is 0 Å². The number of hydrogen-bond acceptors (Lipinski definition) is 2. The summed E-state index contributed by atoms with van der Waals surface area (Å²) in [5, 5.41) is 20.4. The van der Waals surface area contributed by atoms with Crippen molar-refractivity contribution in [1.82, 2.24) is 0 Å². The fourth-order valence-electron chi connectivity index (χ4n) is 9.73. The Balaban J connectivity index is 3.42. The van der Waals surface area contributed by atoms with Crippen LogP contribution in [-0.2, 0) is 4.79 Å². The van der Waals surface area contributed by atoms with Gasteiger partial charge in [0.1, 0.15) is 0 Å². The Morgan fingerprint density at radius 3 is 0.726 bits per heavy atom. The molecular formula is C59H116O3. The first-order valence-corrected chi connectivity index (χ1v) is 29.2. The highest BCUT2D eigenvalue weighted by molar-refractivity contribution is 5.70. The molecule has 3 heteroatoms. The summed E-state index contributed by atoms with van der Waals surface area (Å²) in [7, 11) is 0. The Kier molecular flexibility index (Phi) is 53.8. The summed E-state index contributed by atoms with van der Waals surface area (Å²) in [6.45, 7) is 4.60. The van der Waals surface area contributed by atoms with Crippen LogP contribution < -0.4 is 0 Å². The zero-order valence-corrected chi connectivity index (χ0v) is 42.9. The highest BCUT2D eigenvalue weighted by Crippen LogP contribution is 2.22. The molecule has 0 aromatic heterocycles. The van der Waals surface area contributed by atoms with E-state index in [0.717, 1.165) is 25.7 Å².